The first-order valence-corrected chi connectivity index (χ1v) is 10.6. The lowest BCUT2D eigenvalue weighted by Gasteiger charge is -2.09. The van der Waals surface area contributed by atoms with Gasteiger partial charge < -0.3 is 4.57 Å². The minimum atomic E-state index is -0.135. The largest absolute Gasteiger partial charge is 0.318 e. The van der Waals surface area contributed by atoms with Crippen LogP contribution < -0.4 is 5.43 Å². The molecule has 0 saturated heterocycles. The highest BCUT2D eigenvalue weighted by molar-refractivity contribution is 9.10. The molecule has 1 aromatic heterocycles. The van der Waals surface area contributed by atoms with Gasteiger partial charge in [0.15, 0.2) is 0 Å². The highest BCUT2D eigenvalue weighted by atomic mass is 79.9. The molecule has 1 N–H and O–H groups in total. The van der Waals surface area contributed by atoms with E-state index in [-0.39, 0.29) is 12.3 Å². The number of hydrogen-bond donors (Lipinski definition) is 1. The summed E-state index contributed by atoms with van der Waals surface area (Å²) in [5.41, 5.74) is 7.90. The molecular formula is C25H22BrN3O. The molecule has 4 aromatic rings. The Morgan fingerprint density at radius 3 is 2.57 bits per heavy atom. The van der Waals surface area contributed by atoms with E-state index in [1.807, 2.05) is 49.4 Å². The van der Waals surface area contributed by atoms with Crippen LogP contribution >= 0.6 is 15.9 Å². The van der Waals surface area contributed by atoms with Gasteiger partial charge in [-0.1, -0.05) is 58.4 Å². The van der Waals surface area contributed by atoms with E-state index in [9.17, 15) is 4.79 Å². The summed E-state index contributed by atoms with van der Waals surface area (Å²) in [5, 5.41) is 6.42. The van der Waals surface area contributed by atoms with E-state index in [4.69, 9.17) is 0 Å². The number of hydrogen-bond acceptors (Lipinski definition) is 2. The number of nitrogens with one attached hydrogen (secondary N) is 1. The van der Waals surface area contributed by atoms with Crippen molar-refractivity contribution in [2.75, 3.05) is 0 Å². The number of carbonyl (C=O) groups excluding carboxylic acids is 1. The van der Waals surface area contributed by atoms with Crippen molar-refractivity contribution < 1.29 is 4.79 Å². The van der Waals surface area contributed by atoms with Crippen molar-refractivity contribution in [1.29, 1.82) is 0 Å². The maximum Gasteiger partial charge on any atom is 0.244 e. The minimum absolute atomic E-state index is 0.135. The Hall–Kier alpha value is -3.18. The first-order chi connectivity index (χ1) is 14.5. The highest BCUT2D eigenvalue weighted by Gasteiger charge is 2.10. The fourth-order valence-corrected chi connectivity index (χ4v) is 4.00. The highest BCUT2D eigenvalue weighted by Crippen LogP contribution is 2.22. The van der Waals surface area contributed by atoms with Gasteiger partial charge in [-0.05, 0) is 60.5 Å². The third kappa shape index (κ3) is 4.21. The fourth-order valence-electron chi connectivity index (χ4n) is 3.74. The van der Waals surface area contributed by atoms with E-state index in [2.05, 4.69) is 68.3 Å². The molecule has 0 aliphatic carbocycles. The third-order valence-corrected chi connectivity index (χ3v) is 5.71. The number of benzene rings is 3. The standard InChI is InChI=1S/C25H22BrN3O/c1-17-14-21(18(2)29(17)23-12-10-22(26)11-13-23)16-27-28-25(30)15-20-8-5-7-19-6-3-4-9-24(19)20/h3-14,16H,15H2,1-2H3,(H,28,30)/b27-16-. The monoisotopic (exact) mass is 459 g/mol. The van der Waals surface area contributed by atoms with Crippen molar-refractivity contribution in [2.24, 2.45) is 5.10 Å². The number of aromatic nitrogens is 1. The van der Waals surface area contributed by atoms with Gasteiger partial charge in [0.1, 0.15) is 0 Å². The van der Waals surface area contributed by atoms with Crippen LogP contribution in [-0.2, 0) is 11.2 Å². The van der Waals surface area contributed by atoms with Gasteiger partial charge in [-0.2, -0.15) is 5.10 Å². The average molecular weight is 460 g/mol. The number of nitrogens with zero attached hydrogens (tertiary/aromatic N) is 2. The number of rotatable bonds is 5. The molecule has 0 unspecified atom stereocenters. The molecule has 0 atom stereocenters. The smallest absolute Gasteiger partial charge is 0.244 e. The van der Waals surface area contributed by atoms with Crippen LogP contribution in [0.4, 0.5) is 0 Å². The van der Waals surface area contributed by atoms with Gasteiger partial charge in [0.25, 0.3) is 0 Å². The predicted octanol–water partition coefficient (Wildman–Crippen LogP) is 5.70. The van der Waals surface area contributed by atoms with Gasteiger partial charge >= 0.3 is 0 Å². The summed E-state index contributed by atoms with van der Waals surface area (Å²) in [4.78, 5) is 12.4. The molecule has 3 aromatic carbocycles. The second kappa shape index (κ2) is 8.67. The van der Waals surface area contributed by atoms with Gasteiger partial charge in [-0.15, -0.1) is 0 Å². The average Bonchev–Trinajstić information content (AvgIpc) is 3.02. The summed E-state index contributed by atoms with van der Waals surface area (Å²) in [6.07, 6.45) is 2.00. The minimum Gasteiger partial charge on any atom is -0.318 e. The first-order valence-electron chi connectivity index (χ1n) is 9.76. The van der Waals surface area contributed by atoms with Crippen molar-refractivity contribution in [3.05, 3.63) is 99.8 Å². The molecule has 1 heterocycles. The third-order valence-electron chi connectivity index (χ3n) is 5.18. The van der Waals surface area contributed by atoms with Crippen LogP contribution in [0, 0.1) is 13.8 Å². The van der Waals surface area contributed by atoms with Crippen LogP contribution in [0.5, 0.6) is 0 Å². The van der Waals surface area contributed by atoms with Gasteiger partial charge in [0, 0.05) is 27.1 Å². The number of fused-ring (bicyclic) bond motifs is 1. The molecule has 5 heteroatoms. The van der Waals surface area contributed by atoms with Gasteiger partial charge in [0.2, 0.25) is 5.91 Å². The molecule has 0 bridgehead atoms. The molecular weight excluding hydrogens is 438 g/mol. The molecule has 150 valence electrons. The fraction of sp³-hybridized carbons (Fsp3) is 0.120. The van der Waals surface area contributed by atoms with Crippen molar-refractivity contribution in [3.8, 4) is 5.69 Å². The maximum absolute atomic E-state index is 12.4. The normalized spacial score (nSPS) is 11.3. The van der Waals surface area contributed by atoms with E-state index in [1.54, 1.807) is 6.21 Å². The topological polar surface area (TPSA) is 46.4 Å². The summed E-state index contributed by atoms with van der Waals surface area (Å²) in [5.74, 6) is -0.135. The molecule has 30 heavy (non-hydrogen) atoms. The Labute approximate surface area is 184 Å². The van der Waals surface area contributed by atoms with Crippen LogP contribution in [0.3, 0.4) is 0 Å². The maximum atomic E-state index is 12.4. The van der Waals surface area contributed by atoms with Crippen LogP contribution in [0.2, 0.25) is 0 Å². The Balaban J connectivity index is 1.47. The molecule has 1 amide bonds. The van der Waals surface area contributed by atoms with Crippen LogP contribution in [0.1, 0.15) is 22.5 Å². The zero-order valence-electron chi connectivity index (χ0n) is 16.9. The molecule has 0 spiro atoms. The zero-order valence-corrected chi connectivity index (χ0v) is 18.5. The quantitative estimate of drug-likeness (QED) is 0.301. The summed E-state index contributed by atoms with van der Waals surface area (Å²) in [6.45, 7) is 4.11. The SMILES string of the molecule is Cc1cc(/C=N\NC(=O)Cc2cccc3ccccc23)c(C)n1-c1ccc(Br)cc1. The van der Waals surface area contributed by atoms with Crippen molar-refractivity contribution in [3.63, 3.8) is 0 Å². The van der Waals surface area contributed by atoms with Gasteiger partial charge in [-0.25, -0.2) is 5.43 Å². The van der Waals surface area contributed by atoms with E-state index >= 15 is 0 Å². The van der Waals surface area contributed by atoms with Crippen molar-refractivity contribution >= 4 is 38.8 Å². The molecule has 4 nitrogen and oxygen atoms in total. The number of hydrazone groups is 1. The van der Waals surface area contributed by atoms with E-state index < -0.39 is 0 Å². The van der Waals surface area contributed by atoms with Crippen LogP contribution in [-0.4, -0.2) is 16.7 Å². The predicted molar refractivity (Wildman–Crippen MR) is 126 cm³/mol. The Kier molecular flexibility index (Phi) is 5.81. The van der Waals surface area contributed by atoms with Crippen LogP contribution in [0.25, 0.3) is 16.5 Å². The molecule has 0 saturated carbocycles. The lowest BCUT2D eigenvalue weighted by Crippen LogP contribution is -2.19. The molecule has 0 aliphatic heterocycles. The van der Waals surface area contributed by atoms with E-state index in [0.29, 0.717) is 0 Å². The van der Waals surface area contributed by atoms with Gasteiger partial charge in [-0.3, -0.25) is 4.79 Å². The van der Waals surface area contributed by atoms with Crippen LogP contribution in [0.15, 0.2) is 82.4 Å². The number of amides is 1. The Bertz CT molecular complexity index is 1230. The number of halogens is 1. The summed E-state index contributed by atoms with van der Waals surface area (Å²) in [6, 6.07) is 24.3. The van der Waals surface area contributed by atoms with Crippen molar-refractivity contribution in [2.45, 2.75) is 20.3 Å². The summed E-state index contributed by atoms with van der Waals surface area (Å²) >= 11 is 3.47. The summed E-state index contributed by atoms with van der Waals surface area (Å²) < 4.78 is 3.22. The summed E-state index contributed by atoms with van der Waals surface area (Å²) in [7, 11) is 0. The number of aryl methyl sites for hydroxylation is 1. The van der Waals surface area contributed by atoms with E-state index in [0.717, 1.165) is 43.4 Å². The second-order valence-corrected chi connectivity index (χ2v) is 8.16. The van der Waals surface area contributed by atoms with Gasteiger partial charge in [0.05, 0.1) is 12.6 Å². The Morgan fingerprint density at radius 1 is 1.03 bits per heavy atom. The van der Waals surface area contributed by atoms with Crippen molar-refractivity contribution in [1.82, 2.24) is 9.99 Å². The molecule has 0 radical (unpaired) electrons. The second-order valence-electron chi connectivity index (χ2n) is 7.25. The van der Waals surface area contributed by atoms with E-state index in [1.165, 1.54) is 0 Å². The molecule has 4 rings (SSSR count). The Morgan fingerprint density at radius 2 is 1.77 bits per heavy atom. The molecule has 0 fully saturated rings. The zero-order chi connectivity index (χ0) is 21.1. The number of carbonyl (C=O) groups is 1. The molecule has 0 aliphatic rings. The first kappa shape index (κ1) is 20.1. The lowest BCUT2D eigenvalue weighted by molar-refractivity contribution is -0.120. The lowest BCUT2D eigenvalue weighted by atomic mass is 10.0.